The van der Waals surface area contributed by atoms with Crippen LogP contribution in [0.15, 0.2) is 39.4 Å². The van der Waals surface area contributed by atoms with E-state index in [-0.39, 0.29) is 11.9 Å². The normalized spacial score (nSPS) is 16.8. The molecule has 3 heterocycles. The molecule has 8 nitrogen and oxygen atoms in total. The van der Waals surface area contributed by atoms with Gasteiger partial charge in [-0.1, -0.05) is 47.6 Å². The van der Waals surface area contributed by atoms with Crippen LogP contribution in [0.5, 0.6) is 0 Å². The summed E-state index contributed by atoms with van der Waals surface area (Å²) < 4.78 is 10.6. The minimum atomic E-state index is -0.132. The first kappa shape index (κ1) is 17.4. The number of aromatic nitrogens is 4. The second kappa shape index (κ2) is 7.69. The van der Waals surface area contributed by atoms with Crippen molar-refractivity contribution in [3.63, 3.8) is 0 Å². The van der Waals surface area contributed by atoms with Crippen molar-refractivity contribution < 1.29 is 13.8 Å². The second-order valence-electron chi connectivity index (χ2n) is 6.53. The molecule has 140 valence electrons. The molecule has 4 rings (SSSR count). The Labute approximate surface area is 156 Å². The van der Waals surface area contributed by atoms with E-state index in [1.165, 1.54) is 0 Å². The number of carbonyl (C=O) groups excluding carboxylic acids is 1. The van der Waals surface area contributed by atoms with Crippen molar-refractivity contribution in [2.75, 3.05) is 6.54 Å². The molecule has 1 fully saturated rings. The molecule has 0 saturated carbocycles. The monoisotopic (exact) mass is 367 g/mol. The van der Waals surface area contributed by atoms with Gasteiger partial charge in [-0.2, -0.15) is 9.97 Å². The number of nitrogens with zero attached hydrogens (tertiary/aromatic N) is 5. The van der Waals surface area contributed by atoms with Crippen LogP contribution in [-0.2, 0) is 17.6 Å². The standard InChI is InChI=1S/C19H21N5O3/c1-2-15-20-19(27-22-15)14-9-6-12-24(14)17(25)11-10-16-21-18(23-26-16)13-7-4-3-5-8-13/h3-5,7-8,14H,2,6,9-12H2,1H3/t14-/m0/s1. The van der Waals surface area contributed by atoms with Crippen LogP contribution in [0.4, 0.5) is 0 Å². The first-order chi connectivity index (χ1) is 13.2. The van der Waals surface area contributed by atoms with Gasteiger partial charge in [0.2, 0.25) is 23.5 Å². The van der Waals surface area contributed by atoms with Crippen LogP contribution < -0.4 is 0 Å². The van der Waals surface area contributed by atoms with Gasteiger partial charge in [0, 0.05) is 31.4 Å². The van der Waals surface area contributed by atoms with Gasteiger partial charge < -0.3 is 13.9 Å². The molecule has 3 aromatic rings. The van der Waals surface area contributed by atoms with Crippen LogP contribution in [0.3, 0.4) is 0 Å². The van der Waals surface area contributed by atoms with E-state index in [0.717, 1.165) is 18.4 Å². The lowest BCUT2D eigenvalue weighted by Crippen LogP contribution is -2.30. The Morgan fingerprint density at radius 3 is 2.81 bits per heavy atom. The first-order valence-electron chi connectivity index (χ1n) is 9.24. The molecule has 0 spiro atoms. The third-order valence-electron chi connectivity index (χ3n) is 4.71. The molecule has 1 aromatic carbocycles. The molecule has 2 aromatic heterocycles. The van der Waals surface area contributed by atoms with E-state index < -0.39 is 0 Å². The number of rotatable bonds is 6. The summed E-state index contributed by atoms with van der Waals surface area (Å²) in [4.78, 5) is 23.3. The first-order valence-corrected chi connectivity index (χ1v) is 9.24. The van der Waals surface area contributed by atoms with Gasteiger partial charge in [-0.15, -0.1) is 0 Å². The highest BCUT2D eigenvalue weighted by molar-refractivity contribution is 5.77. The van der Waals surface area contributed by atoms with Crippen molar-refractivity contribution in [2.24, 2.45) is 0 Å². The molecule has 0 unspecified atom stereocenters. The fraction of sp³-hybridized carbons (Fsp3) is 0.421. The van der Waals surface area contributed by atoms with Gasteiger partial charge in [0.05, 0.1) is 0 Å². The van der Waals surface area contributed by atoms with Crippen molar-refractivity contribution in [3.05, 3.63) is 47.9 Å². The summed E-state index contributed by atoms with van der Waals surface area (Å²) in [7, 11) is 0. The van der Waals surface area contributed by atoms with Crippen LogP contribution in [0.25, 0.3) is 11.4 Å². The second-order valence-corrected chi connectivity index (χ2v) is 6.53. The number of benzene rings is 1. The summed E-state index contributed by atoms with van der Waals surface area (Å²) in [6, 6.07) is 9.48. The van der Waals surface area contributed by atoms with Crippen molar-refractivity contribution in [1.82, 2.24) is 25.2 Å². The Morgan fingerprint density at radius 2 is 2.04 bits per heavy atom. The quantitative estimate of drug-likeness (QED) is 0.660. The van der Waals surface area contributed by atoms with Crippen molar-refractivity contribution >= 4 is 5.91 Å². The Balaban J connectivity index is 1.38. The van der Waals surface area contributed by atoms with Crippen LogP contribution in [0.2, 0.25) is 0 Å². The Kier molecular flexibility index (Phi) is 4.95. The maximum atomic E-state index is 12.7. The maximum Gasteiger partial charge on any atom is 0.249 e. The summed E-state index contributed by atoms with van der Waals surface area (Å²) in [5.74, 6) is 2.23. The number of carbonyl (C=O) groups is 1. The molecule has 0 N–H and O–H groups in total. The average Bonchev–Trinajstić information content (AvgIpc) is 3.46. The molecule has 1 atom stereocenters. The third kappa shape index (κ3) is 3.74. The Morgan fingerprint density at radius 1 is 1.19 bits per heavy atom. The zero-order valence-corrected chi connectivity index (χ0v) is 15.2. The molecule has 1 aliphatic heterocycles. The van der Waals surface area contributed by atoms with E-state index in [4.69, 9.17) is 9.05 Å². The Hall–Kier alpha value is -3.03. The van der Waals surface area contributed by atoms with Gasteiger partial charge in [-0.25, -0.2) is 0 Å². The molecule has 1 saturated heterocycles. The lowest BCUT2D eigenvalue weighted by atomic mass is 10.2. The number of hydrogen-bond donors (Lipinski definition) is 0. The van der Waals surface area contributed by atoms with Crippen LogP contribution in [0.1, 0.15) is 49.8 Å². The molecule has 27 heavy (non-hydrogen) atoms. The van der Waals surface area contributed by atoms with Gasteiger partial charge in [0.25, 0.3) is 0 Å². The molecule has 0 aliphatic carbocycles. The van der Waals surface area contributed by atoms with Gasteiger partial charge in [0.1, 0.15) is 6.04 Å². The van der Waals surface area contributed by atoms with Crippen LogP contribution >= 0.6 is 0 Å². The van der Waals surface area contributed by atoms with Crippen LogP contribution in [0, 0.1) is 0 Å². The van der Waals surface area contributed by atoms with E-state index in [1.54, 1.807) is 0 Å². The highest BCUT2D eigenvalue weighted by Crippen LogP contribution is 2.31. The molecule has 8 heteroatoms. The molecule has 0 radical (unpaired) electrons. The van der Waals surface area contributed by atoms with E-state index in [2.05, 4.69) is 20.3 Å². The lowest BCUT2D eigenvalue weighted by Gasteiger charge is -2.21. The highest BCUT2D eigenvalue weighted by Gasteiger charge is 2.33. The van der Waals surface area contributed by atoms with Gasteiger partial charge in [-0.3, -0.25) is 4.79 Å². The van der Waals surface area contributed by atoms with Crippen molar-refractivity contribution in [2.45, 2.75) is 45.1 Å². The van der Waals surface area contributed by atoms with Crippen molar-refractivity contribution in [1.29, 1.82) is 0 Å². The molecular weight excluding hydrogens is 346 g/mol. The summed E-state index contributed by atoms with van der Waals surface area (Å²) in [6.07, 6.45) is 3.20. The SMILES string of the molecule is CCc1noc([C@@H]2CCCN2C(=O)CCc2nc(-c3ccccc3)no2)n1. The fourth-order valence-corrected chi connectivity index (χ4v) is 3.29. The fourth-order valence-electron chi connectivity index (χ4n) is 3.29. The van der Waals surface area contributed by atoms with Gasteiger partial charge >= 0.3 is 0 Å². The summed E-state index contributed by atoms with van der Waals surface area (Å²) in [5.41, 5.74) is 0.890. The van der Waals surface area contributed by atoms with E-state index >= 15 is 0 Å². The van der Waals surface area contributed by atoms with E-state index in [0.29, 0.717) is 49.2 Å². The lowest BCUT2D eigenvalue weighted by molar-refractivity contribution is -0.132. The number of amides is 1. The predicted molar refractivity (Wildman–Crippen MR) is 95.4 cm³/mol. The predicted octanol–water partition coefficient (Wildman–Crippen LogP) is 2.98. The van der Waals surface area contributed by atoms with E-state index in [1.807, 2.05) is 42.2 Å². The van der Waals surface area contributed by atoms with Crippen LogP contribution in [-0.4, -0.2) is 37.6 Å². The summed E-state index contributed by atoms with van der Waals surface area (Å²) in [5, 5.41) is 7.93. The third-order valence-corrected chi connectivity index (χ3v) is 4.71. The molecule has 1 aliphatic rings. The van der Waals surface area contributed by atoms with E-state index in [9.17, 15) is 4.79 Å². The summed E-state index contributed by atoms with van der Waals surface area (Å²) in [6.45, 7) is 2.67. The molecule has 1 amide bonds. The minimum Gasteiger partial charge on any atom is -0.339 e. The van der Waals surface area contributed by atoms with Gasteiger partial charge in [0.15, 0.2) is 5.82 Å². The summed E-state index contributed by atoms with van der Waals surface area (Å²) >= 11 is 0. The number of aryl methyl sites for hydroxylation is 2. The average molecular weight is 367 g/mol. The molecular formula is C19H21N5O3. The Bertz CT molecular complexity index is 905. The van der Waals surface area contributed by atoms with Crippen molar-refractivity contribution in [3.8, 4) is 11.4 Å². The zero-order chi connectivity index (χ0) is 18.6. The topological polar surface area (TPSA) is 98.2 Å². The largest absolute Gasteiger partial charge is 0.339 e. The number of likely N-dealkylation sites (tertiary alicyclic amines) is 1. The molecule has 0 bridgehead atoms. The maximum absolute atomic E-state index is 12.7. The van der Waals surface area contributed by atoms with Gasteiger partial charge in [-0.05, 0) is 12.8 Å². The minimum absolute atomic E-state index is 0.0354. The smallest absolute Gasteiger partial charge is 0.249 e. The highest BCUT2D eigenvalue weighted by atomic mass is 16.5. The zero-order valence-electron chi connectivity index (χ0n) is 15.2. The number of hydrogen-bond acceptors (Lipinski definition) is 7.